The van der Waals surface area contributed by atoms with Crippen LogP contribution in [0.3, 0.4) is 0 Å². The molecular formula is C13H18FNO3. The van der Waals surface area contributed by atoms with E-state index >= 15 is 0 Å². The van der Waals surface area contributed by atoms with Crippen LogP contribution in [-0.2, 0) is 0 Å². The molecule has 1 aromatic rings. The Labute approximate surface area is 106 Å². The van der Waals surface area contributed by atoms with E-state index in [1.54, 1.807) is 13.8 Å². The molecule has 0 aliphatic carbocycles. The molecule has 0 atom stereocenters. The lowest BCUT2D eigenvalue weighted by Gasteiger charge is -2.37. The third-order valence-corrected chi connectivity index (χ3v) is 2.78. The molecule has 0 saturated heterocycles. The monoisotopic (exact) mass is 255 g/mol. The average Bonchev–Trinajstić information content (AvgIpc) is 2.36. The van der Waals surface area contributed by atoms with Gasteiger partial charge in [0.1, 0.15) is 5.82 Å². The van der Waals surface area contributed by atoms with Crippen molar-refractivity contribution in [2.75, 3.05) is 19.8 Å². The summed E-state index contributed by atoms with van der Waals surface area (Å²) in [5, 5.41) is 18.3. The van der Waals surface area contributed by atoms with E-state index in [4.69, 9.17) is 5.11 Å². The van der Waals surface area contributed by atoms with Gasteiger partial charge < -0.3 is 15.1 Å². The van der Waals surface area contributed by atoms with Gasteiger partial charge in [0, 0.05) is 12.1 Å². The first-order valence-corrected chi connectivity index (χ1v) is 5.71. The SMILES string of the molecule is CC(C)(CO)N(CCO)C(=O)c1ccc(F)cc1. The second-order valence-corrected chi connectivity index (χ2v) is 4.66. The number of benzene rings is 1. The van der Waals surface area contributed by atoms with Gasteiger partial charge in [-0.25, -0.2) is 4.39 Å². The van der Waals surface area contributed by atoms with Crippen molar-refractivity contribution in [1.82, 2.24) is 4.90 Å². The molecule has 2 N–H and O–H groups in total. The Morgan fingerprint density at radius 3 is 2.28 bits per heavy atom. The Morgan fingerprint density at radius 1 is 1.28 bits per heavy atom. The van der Waals surface area contributed by atoms with Crippen molar-refractivity contribution < 1.29 is 19.4 Å². The number of aliphatic hydroxyl groups excluding tert-OH is 2. The van der Waals surface area contributed by atoms with Crippen molar-refractivity contribution in [3.05, 3.63) is 35.6 Å². The molecule has 0 heterocycles. The normalized spacial score (nSPS) is 11.4. The van der Waals surface area contributed by atoms with E-state index in [0.29, 0.717) is 5.56 Å². The van der Waals surface area contributed by atoms with Gasteiger partial charge in [0.05, 0.1) is 18.8 Å². The van der Waals surface area contributed by atoms with Gasteiger partial charge in [-0.05, 0) is 38.1 Å². The van der Waals surface area contributed by atoms with E-state index in [1.165, 1.54) is 29.2 Å². The molecule has 0 aliphatic heterocycles. The highest BCUT2D eigenvalue weighted by Gasteiger charge is 2.30. The van der Waals surface area contributed by atoms with Crippen LogP contribution in [0.25, 0.3) is 0 Å². The van der Waals surface area contributed by atoms with Crippen LogP contribution in [0.5, 0.6) is 0 Å². The van der Waals surface area contributed by atoms with E-state index in [2.05, 4.69) is 0 Å². The van der Waals surface area contributed by atoms with Gasteiger partial charge >= 0.3 is 0 Å². The lowest BCUT2D eigenvalue weighted by atomic mass is 10.0. The fourth-order valence-corrected chi connectivity index (χ4v) is 1.61. The summed E-state index contributed by atoms with van der Waals surface area (Å²) in [4.78, 5) is 13.6. The van der Waals surface area contributed by atoms with Crippen LogP contribution >= 0.6 is 0 Å². The third-order valence-electron chi connectivity index (χ3n) is 2.78. The fraction of sp³-hybridized carbons (Fsp3) is 0.462. The smallest absolute Gasteiger partial charge is 0.254 e. The Hall–Kier alpha value is -1.46. The maximum absolute atomic E-state index is 12.8. The first-order valence-electron chi connectivity index (χ1n) is 5.71. The van der Waals surface area contributed by atoms with Crippen LogP contribution in [0.2, 0.25) is 0 Å². The van der Waals surface area contributed by atoms with Crippen LogP contribution < -0.4 is 0 Å². The zero-order valence-electron chi connectivity index (χ0n) is 10.6. The summed E-state index contributed by atoms with van der Waals surface area (Å²) >= 11 is 0. The summed E-state index contributed by atoms with van der Waals surface area (Å²) in [5.74, 6) is -0.759. The first kappa shape index (κ1) is 14.6. The molecule has 100 valence electrons. The predicted molar refractivity (Wildman–Crippen MR) is 65.7 cm³/mol. The molecule has 1 aromatic carbocycles. The molecule has 0 bridgehead atoms. The zero-order valence-corrected chi connectivity index (χ0v) is 10.6. The molecule has 4 nitrogen and oxygen atoms in total. The number of rotatable bonds is 5. The number of hydrogen-bond donors (Lipinski definition) is 2. The molecular weight excluding hydrogens is 237 g/mol. The molecule has 0 unspecified atom stereocenters. The number of amides is 1. The lowest BCUT2D eigenvalue weighted by molar-refractivity contribution is 0.0308. The molecule has 0 aliphatic rings. The predicted octanol–water partition coefficient (Wildman–Crippen LogP) is 1.03. The molecule has 18 heavy (non-hydrogen) atoms. The van der Waals surface area contributed by atoms with Crippen LogP contribution in [0.4, 0.5) is 4.39 Å². The van der Waals surface area contributed by atoms with Crippen molar-refractivity contribution in [1.29, 1.82) is 0 Å². The summed E-state index contributed by atoms with van der Waals surface area (Å²) in [6.45, 7) is 3.09. The Morgan fingerprint density at radius 2 is 1.83 bits per heavy atom. The molecule has 5 heteroatoms. The van der Waals surface area contributed by atoms with Crippen molar-refractivity contribution in [2.45, 2.75) is 19.4 Å². The maximum atomic E-state index is 12.8. The Bertz CT molecular complexity index is 403. The zero-order chi connectivity index (χ0) is 13.8. The van der Waals surface area contributed by atoms with Crippen LogP contribution in [-0.4, -0.2) is 46.3 Å². The van der Waals surface area contributed by atoms with Crippen molar-refractivity contribution >= 4 is 5.91 Å². The van der Waals surface area contributed by atoms with E-state index in [0.717, 1.165) is 0 Å². The molecule has 0 radical (unpaired) electrons. The number of hydrogen-bond acceptors (Lipinski definition) is 3. The number of carbonyl (C=O) groups is 1. The Kier molecular flexibility index (Phi) is 4.81. The topological polar surface area (TPSA) is 60.8 Å². The van der Waals surface area contributed by atoms with Gasteiger partial charge in [0.25, 0.3) is 5.91 Å². The lowest BCUT2D eigenvalue weighted by Crippen LogP contribution is -2.51. The second kappa shape index (κ2) is 5.93. The summed E-state index contributed by atoms with van der Waals surface area (Å²) in [5.41, 5.74) is -0.458. The minimum Gasteiger partial charge on any atom is -0.395 e. The first-order chi connectivity index (χ1) is 8.42. The summed E-state index contributed by atoms with van der Waals surface area (Å²) < 4.78 is 12.8. The van der Waals surface area contributed by atoms with E-state index in [-0.39, 0.29) is 25.7 Å². The van der Waals surface area contributed by atoms with Crippen LogP contribution in [0.15, 0.2) is 24.3 Å². The largest absolute Gasteiger partial charge is 0.395 e. The minimum atomic E-state index is -0.784. The quantitative estimate of drug-likeness (QED) is 0.826. The van der Waals surface area contributed by atoms with Gasteiger partial charge in [0.15, 0.2) is 0 Å². The van der Waals surface area contributed by atoms with Gasteiger partial charge in [-0.1, -0.05) is 0 Å². The van der Waals surface area contributed by atoms with Crippen molar-refractivity contribution in [3.63, 3.8) is 0 Å². The molecule has 1 rings (SSSR count). The average molecular weight is 255 g/mol. The van der Waals surface area contributed by atoms with Gasteiger partial charge in [-0.3, -0.25) is 4.79 Å². The van der Waals surface area contributed by atoms with Gasteiger partial charge in [-0.2, -0.15) is 0 Å². The van der Waals surface area contributed by atoms with E-state index in [9.17, 15) is 14.3 Å². The van der Waals surface area contributed by atoms with E-state index in [1.807, 2.05) is 0 Å². The third kappa shape index (κ3) is 3.27. The van der Waals surface area contributed by atoms with Crippen LogP contribution in [0.1, 0.15) is 24.2 Å². The number of β-amino-alcohol motifs (C(OH)–C–C–N with tert-alkyl or cyclic N) is 1. The molecule has 0 aromatic heterocycles. The highest BCUT2D eigenvalue weighted by molar-refractivity contribution is 5.94. The number of halogens is 1. The summed E-state index contributed by atoms with van der Waals surface area (Å²) in [6.07, 6.45) is 0. The van der Waals surface area contributed by atoms with Gasteiger partial charge in [-0.15, -0.1) is 0 Å². The van der Waals surface area contributed by atoms with Crippen molar-refractivity contribution in [2.24, 2.45) is 0 Å². The molecule has 0 saturated carbocycles. The number of nitrogens with zero attached hydrogens (tertiary/aromatic N) is 1. The van der Waals surface area contributed by atoms with E-state index < -0.39 is 11.4 Å². The summed E-state index contributed by atoms with van der Waals surface area (Å²) in [7, 11) is 0. The standard InChI is InChI=1S/C13H18FNO3/c1-13(2,9-17)15(7-8-16)12(18)10-3-5-11(14)6-4-10/h3-6,16-17H,7-9H2,1-2H3. The van der Waals surface area contributed by atoms with Crippen LogP contribution in [0, 0.1) is 5.82 Å². The summed E-state index contributed by atoms with van der Waals surface area (Å²) in [6, 6.07) is 5.18. The Balaban J connectivity index is 2.99. The number of carbonyl (C=O) groups excluding carboxylic acids is 1. The minimum absolute atomic E-state index is 0.115. The highest BCUT2D eigenvalue weighted by Crippen LogP contribution is 2.17. The number of aliphatic hydroxyl groups is 2. The van der Waals surface area contributed by atoms with Gasteiger partial charge in [0.2, 0.25) is 0 Å². The second-order valence-electron chi connectivity index (χ2n) is 4.66. The molecule has 1 amide bonds. The fourth-order valence-electron chi connectivity index (χ4n) is 1.61. The van der Waals surface area contributed by atoms with Crippen molar-refractivity contribution in [3.8, 4) is 0 Å². The highest BCUT2D eigenvalue weighted by atomic mass is 19.1. The maximum Gasteiger partial charge on any atom is 0.254 e. The molecule has 0 spiro atoms. The molecule has 0 fully saturated rings.